The second-order valence-electron chi connectivity index (χ2n) is 4.96. The summed E-state index contributed by atoms with van der Waals surface area (Å²) in [6, 6.07) is 6.50. The van der Waals surface area contributed by atoms with Crippen LogP contribution in [0.25, 0.3) is 10.3 Å². The molecule has 7 nitrogen and oxygen atoms in total. The first kappa shape index (κ1) is 17.4. The molecule has 0 spiro atoms. The molecule has 130 valence electrons. The molecule has 0 saturated heterocycles. The van der Waals surface area contributed by atoms with Crippen LogP contribution in [-0.2, 0) is 10.5 Å². The fourth-order valence-electron chi connectivity index (χ4n) is 1.96. The fraction of sp³-hybridized carbons (Fsp3) is 0.200. The Kier molecular flexibility index (Phi) is 5.29. The topological polar surface area (TPSA) is 117 Å². The Morgan fingerprint density at radius 2 is 2.08 bits per heavy atom. The molecule has 0 aliphatic rings. The van der Waals surface area contributed by atoms with E-state index >= 15 is 0 Å². The first-order valence-corrected chi connectivity index (χ1v) is 9.04. The van der Waals surface area contributed by atoms with Gasteiger partial charge in [-0.3, -0.25) is 4.79 Å². The number of hydrogen-bond donors (Lipinski definition) is 2. The quantitative estimate of drug-likeness (QED) is 0.478. The molecule has 2 heterocycles. The van der Waals surface area contributed by atoms with Gasteiger partial charge in [0.05, 0.1) is 13.0 Å². The van der Waals surface area contributed by atoms with Crippen LogP contribution < -0.4 is 16.2 Å². The highest BCUT2D eigenvalue weighted by Gasteiger charge is 2.15. The summed E-state index contributed by atoms with van der Waals surface area (Å²) in [5, 5.41) is 0.718. The normalized spacial score (nSPS) is 10.9. The zero-order chi connectivity index (χ0) is 17.8. The Morgan fingerprint density at radius 1 is 1.28 bits per heavy atom. The van der Waals surface area contributed by atoms with Crippen LogP contribution in [-0.4, -0.2) is 27.5 Å². The first-order chi connectivity index (χ1) is 12.0. The number of fused-ring (bicyclic) bond motifs is 1. The molecule has 0 atom stereocenters. The number of nitrogens with two attached hydrogens (primary N) is 2. The van der Waals surface area contributed by atoms with Crippen molar-refractivity contribution in [3.8, 4) is 5.88 Å². The minimum Gasteiger partial charge on any atom is -0.476 e. The predicted octanol–water partition coefficient (Wildman–Crippen LogP) is 2.35. The maximum Gasteiger partial charge on any atom is 0.237 e. The minimum absolute atomic E-state index is 0.0669. The van der Waals surface area contributed by atoms with Crippen LogP contribution in [0.15, 0.2) is 29.4 Å². The van der Waals surface area contributed by atoms with Gasteiger partial charge in [0, 0.05) is 5.75 Å². The van der Waals surface area contributed by atoms with E-state index in [-0.39, 0.29) is 24.7 Å². The summed E-state index contributed by atoms with van der Waals surface area (Å²) in [6.07, 6.45) is 0.0669. The Morgan fingerprint density at radius 3 is 2.84 bits per heavy atom. The minimum atomic E-state index is -0.469. The van der Waals surface area contributed by atoms with Gasteiger partial charge in [-0.1, -0.05) is 41.3 Å². The molecule has 25 heavy (non-hydrogen) atoms. The van der Waals surface area contributed by atoms with E-state index in [1.807, 2.05) is 0 Å². The van der Waals surface area contributed by atoms with Gasteiger partial charge in [-0.05, 0) is 11.6 Å². The number of carbonyl (C=O) groups excluding carboxylic acids is 1. The lowest BCUT2D eigenvalue weighted by atomic mass is 10.2. The summed E-state index contributed by atoms with van der Waals surface area (Å²) in [4.78, 5) is 23.6. The standard InChI is InChI=1S/C15H14FN5O2S2/c16-9-4-2-1-3-8(9)7-24-15-20-12-11(25-14(18)19-12)13(21-15)23-6-5-10(17)22/h1-4H,5-7H2,(H2,17,22)(H2,18,19,20,21). The molecule has 0 aliphatic heterocycles. The number of rotatable bonds is 7. The van der Waals surface area contributed by atoms with Crippen molar-refractivity contribution in [2.45, 2.75) is 17.3 Å². The average molecular weight is 379 g/mol. The fourth-order valence-corrected chi connectivity index (χ4v) is 3.50. The highest BCUT2D eigenvalue weighted by Crippen LogP contribution is 2.33. The van der Waals surface area contributed by atoms with Crippen molar-refractivity contribution in [1.82, 2.24) is 15.0 Å². The van der Waals surface area contributed by atoms with Crippen LogP contribution in [0.4, 0.5) is 9.52 Å². The summed E-state index contributed by atoms with van der Waals surface area (Å²) in [7, 11) is 0. The smallest absolute Gasteiger partial charge is 0.237 e. The highest BCUT2D eigenvalue weighted by atomic mass is 32.2. The second-order valence-corrected chi connectivity index (χ2v) is 6.93. The van der Waals surface area contributed by atoms with Crippen LogP contribution in [0.5, 0.6) is 5.88 Å². The number of nitrogen functional groups attached to an aromatic ring is 1. The third-order valence-corrected chi connectivity index (χ3v) is 4.88. The third kappa shape index (κ3) is 4.34. The Bertz CT molecular complexity index is 918. The molecule has 0 bridgehead atoms. The van der Waals surface area contributed by atoms with E-state index in [0.29, 0.717) is 32.0 Å². The number of anilines is 1. The van der Waals surface area contributed by atoms with Crippen LogP contribution in [0.2, 0.25) is 0 Å². The number of carbonyl (C=O) groups is 1. The van der Waals surface area contributed by atoms with Crippen LogP contribution in [0.1, 0.15) is 12.0 Å². The summed E-state index contributed by atoms with van der Waals surface area (Å²) in [5.74, 6) is -0.106. The highest BCUT2D eigenvalue weighted by molar-refractivity contribution is 7.98. The number of thioether (sulfide) groups is 1. The zero-order valence-electron chi connectivity index (χ0n) is 12.9. The molecular weight excluding hydrogens is 365 g/mol. The van der Waals surface area contributed by atoms with E-state index in [9.17, 15) is 9.18 Å². The van der Waals surface area contributed by atoms with Crippen molar-refractivity contribution in [3.05, 3.63) is 35.6 Å². The molecule has 0 aliphatic carbocycles. The second kappa shape index (κ2) is 7.62. The van der Waals surface area contributed by atoms with Gasteiger partial charge < -0.3 is 16.2 Å². The average Bonchev–Trinajstić information content (AvgIpc) is 2.94. The van der Waals surface area contributed by atoms with Gasteiger partial charge in [0.1, 0.15) is 10.5 Å². The summed E-state index contributed by atoms with van der Waals surface area (Å²) in [6.45, 7) is 0.0939. The predicted molar refractivity (Wildman–Crippen MR) is 94.9 cm³/mol. The van der Waals surface area contributed by atoms with Gasteiger partial charge in [0.15, 0.2) is 15.9 Å². The van der Waals surface area contributed by atoms with Gasteiger partial charge in [0.25, 0.3) is 0 Å². The number of ether oxygens (including phenoxy) is 1. The summed E-state index contributed by atoms with van der Waals surface area (Å²) in [5.41, 5.74) is 11.8. The van der Waals surface area contributed by atoms with Gasteiger partial charge >= 0.3 is 0 Å². The van der Waals surface area contributed by atoms with Crippen molar-refractivity contribution in [1.29, 1.82) is 0 Å². The van der Waals surface area contributed by atoms with E-state index in [2.05, 4.69) is 15.0 Å². The SMILES string of the molecule is NC(=O)CCOc1nc(SCc2ccccc2F)nc2nc(N)sc12. The number of thiazole rings is 1. The molecular formula is C15H14FN5O2S2. The molecule has 10 heteroatoms. The monoisotopic (exact) mass is 379 g/mol. The van der Waals surface area contributed by atoms with Crippen LogP contribution in [0.3, 0.4) is 0 Å². The molecule has 0 unspecified atom stereocenters. The van der Waals surface area contributed by atoms with E-state index in [1.165, 1.54) is 29.2 Å². The lowest BCUT2D eigenvalue weighted by molar-refractivity contribution is -0.118. The van der Waals surface area contributed by atoms with Crippen molar-refractivity contribution in [2.75, 3.05) is 12.3 Å². The molecule has 0 fully saturated rings. The maximum absolute atomic E-state index is 13.7. The van der Waals surface area contributed by atoms with Gasteiger partial charge in [-0.2, -0.15) is 4.98 Å². The molecule has 0 saturated carbocycles. The lowest BCUT2D eigenvalue weighted by Crippen LogP contribution is -2.15. The third-order valence-electron chi connectivity index (χ3n) is 3.12. The number of nitrogens with zero attached hydrogens (tertiary/aromatic N) is 3. The number of amides is 1. The largest absolute Gasteiger partial charge is 0.476 e. The number of hydrogen-bond acceptors (Lipinski definition) is 8. The van der Waals surface area contributed by atoms with Crippen LogP contribution in [0, 0.1) is 5.82 Å². The molecule has 1 amide bonds. The molecule has 2 aromatic heterocycles. The van der Waals surface area contributed by atoms with Crippen molar-refractivity contribution >= 4 is 44.5 Å². The van der Waals surface area contributed by atoms with Gasteiger partial charge in [0.2, 0.25) is 11.8 Å². The lowest BCUT2D eigenvalue weighted by Gasteiger charge is -2.07. The van der Waals surface area contributed by atoms with E-state index < -0.39 is 5.91 Å². The Hall–Kier alpha value is -2.46. The molecule has 3 rings (SSSR count). The van der Waals surface area contributed by atoms with E-state index in [0.717, 1.165) is 0 Å². The van der Waals surface area contributed by atoms with Gasteiger partial charge in [-0.25, -0.2) is 14.4 Å². The zero-order valence-corrected chi connectivity index (χ0v) is 14.6. The number of aromatic nitrogens is 3. The Balaban J connectivity index is 1.82. The number of halogens is 1. The summed E-state index contributed by atoms with van der Waals surface area (Å²) >= 11 is 2.45. The molecule has 4 N–H and O–H groups in total. The van der Waals surface area contributed by atoms with Crippen molar-refractivity contribution < 1.29 is 13.9 Å². The van der Waals surface area contributed by atoms with Gasteiger partial charge in [-0.15, -0.1) is 0 Å². The number of primary amides is 1. The molecule has 0 radical (unpaired) electrons. The Labute approximate surface area is 150 Å². The van der Waals surface area contributed by atoms with Crippen molar-refractivity contribution in [3.63, 3.8) is 0 Å². The van der Waals surface area contributed by atoms with Crippen LogP contribution >= 0.6 is 23.1 Å². The first-order valence-electron chi connectivity index (χ1n) is 7.24. The molecule has 3 aromatic rings. The summed E-state index contributed by atoms with van der Waals surface area (Å²) < 4.78 is 19.9. The van der Waals surface area contributed by atoms with E-state index in [4.69, 9.17) is 16.2 Å². The maximum atomic E-state index is 13.7. The van der Waals surface area contributed by atoms with Crippen molar-refractivity contribution in [2.24, 2.45) is 5.73 Å². The van der Waals surface area contributed by atoms with E-state index in [1.54, 1.807) is 18.2 Å². The molecule has 1 aromatic carbocycles. The number of benzene rings is 1.